The molecule has 0 aromatic heterocycles. The Balaban J connectivity index is 5.75. The van der Waals surface area contributed by atoms with Crippen LogP contribution in [0, 0.1) is 5.92 Å². The van der Waals surface area contributed by atoms with E-state index in [4.69, 9.17) is 22.3 Å². The number of nitrogens with zero attached hydrogens (tertiary/aromatic N) is 1. The van der Waals surface area contributed by atoms with Crippen molar-refractivity contribution in [1.29, 1.82) is 0 Å². The van der Waals surface area contributed by atoms with Crippen LogP contribution in [-0.2, 0) is 24.0 Å². The summed E-state index contributed by atoms with van der Waals surface area (Å²) in [5, 5.41) is 35.1. The zero-order valence-electron chi connectivity index (χ0n) is 20.8. The third-order valence-electron chi connectivity index (χ3n) is 5.46. The Labute approximate surface area is 209 Å². The Bertz CT molecular complexity index is 801. The highest BCUT2D eigenvalue weighted by atomic mass is 16.4. The summed E-state index contributed by atoms with van der Waals surface area (Å²) in [5.41, 5.74) is 16.1. The number of nitrogens with two attached hydrogens (primary N) is 3. The molecule has 0 rings (SSSR count). The molecule has 3 amide bonds. The number of aliphatic hydroxyl groups excluding tert-OH is 1. The Morgan fingerprint density at radius 1 is 0.889 bits per heavy atom. The van der Waals surface area contributed by atoms with Crippen LogP contribution in [0.1, 0.15) is 52.9 Å². The summed E-state index contributed by atoms with van der Waals surface area (Å²) in [5.74, 6) is -5.63. The van der Waals surface area contributed by atoms with E-state index in [1.807, 2.05) is 0 Å². The summed E-state index contributed by atoms with van der Waals surface area (Å²) in [6.07, 6.45) is -1.35. The number of carboxylic acids is 2. The molecule has 0 aliphatic heterocycles. The number of aliphatic carboxylic acids is 2. The average Bonchev–Trinajstić information content (AvgIpc) is 2.79. The fourth-order valence-electron chi connectivity index (χ4n) is 3.01. The molecule has 206 valence electrons. The van der Waals surface area contributed by atoms with E-state index < -0.39 is 72.3 Å². The Morgan fingerprint density at radius 2 is 1.42 bits per heavy atom. The molecule has 0 aromatic carbocycles. The van der Waals surface area contributed by atoms with E-state index in [1.54, 1.807) is 13.8 Å². The number of nitrogens with one attached hydrogen (secondary N) is 3. The summed E-state index contributed by atoms with van der Waals surface area (Å²) in [4.78, 5) is 64.6. The van der Waals surface area contributed by atoms with Gasteiger partial charge in [0.15, 0.2) is 5.96 Å². The predicted molar refractivity (Wildman–Crippen MR) is 129 cm³/mol. The first-order chi connectivity index (χ1) is 16.7. The summed E-state index contributed by atoms with van der Waals surface area (Å²) >= 11 is 0. The van der Waals surface area contributed by atoms with Crippen molar-refractivity contribution in [3.63, 3.8) is 0 Å². The Hall–Kier alpha value is -3.46. The molecule has 0 saturated heterocycles. The molecular weight excluding hydrogens is 478 g/mol. The molecule has 0 aliphatic rings. The van der Waals surface area contributed by atoms with Gasteiger partial charge in [-0.3, -0.25) is 24.2 Å². The van der Waals surface area contributed by atoms with Crippen molar-refractivity contribution in [2.24, 2.45) is 28.1 Å². The first kappa shape index (κ1) is 32.5. The van der Waals surface area contributed by atoms with Gasteiger partial charge in [0.05, 0.1) is 6.10 Å². The SMILES string of the molecule is CCC(C)C(NC(=O)C(CCCN=C(N)N)NC(=O)C(CCC(=O)O)NC(=O)C(N)C(C)O)C(=O)O. The van der Waals surface area contributed by atoms with Crippen molar-refractivity contribution in [1.82, 2.24) is 16.0 Å². The van der Waals surface area contributed by atoms with Crippen LogP contribution in [0.25, 0.3) is 0 Å². The van der Waals surface area contributed by atoms with Crippen molar-refractivity contribution < 1.29 is 39.3 Å². The zero-order valence-corrected chi connectivity index (χ0v) is 20.8. The maximum Gasteiger partial charge on any atom is 0.326 e. The van der Waals surface area contributed by atoms with Gasteiger partial charge in [-0.2, -0.15) is 0 Å². The minimum absolute atomic E-state index is 0.00792. The summed E-state index contributed by atoms with van der Waals surface area (Å²) in [6, 6.07) is -5.23. The molecule has 0 spiro atoms. The highest BCUT2D eigenvalue weighted by molar-refractivity contribution is 5.94. The Morgan fingerprint density at radius 3 is 1.89 bits per heavy atom. The van der Waals surface area contributed by atoms with Crippen molar-refractivity contribution in [2.75, 3.05) is 6.54 Å². The average molecular weight is 518 g/mol. The zero-order chi connectivity index (χ0) is 28.0. The molecule has 36 heavy (non-hydrogen) atoms. The fraction of sp³-hybridized carbons (Fsp3) is 0.714. The predicted octanol–water partition coefficient (Wildman–Crippen LogP) is -2.80. The maximum absolute atomic E-state index is 13.0. The van der Waals surface area contributed by atoms with Crippen molar-refractivity contribution in [3.8, 4) is 0 Å². The number of hydrogen-bond donors (Lipinski definition) is 9. The molecular formula is C21H39N7O8. The van der Waals surface area contributed by atoms with Crippen molar-refractivity contribution in [2.45, 2.75) is 83.1 Å². The van der Waals surface area contributed by atoms with Crippen LogP contribution in [0.4, 0.5) is 0 Å². The van der Waals surface area contributed by atoms with Gasteiger partial charge in [0.2, 0.25) is 17.7 Å². The maximum atomic E-state index is 13.0. The number of aliphatic hydroxyl groups is 1. The number of carboxylic acid groups (broad SMARTS) is 2. The molecule has 0 heterocycles. The third kappa shape index (κ3) is 12.3. The summed E-state index contributed by atoms with van der Waals surface area (Å²) in [6.45, 7) is 4.80. The lowest BCUT2D eigenvalue weighted by molar-refractivity contribution is -0.144. The van der Waals surface area contributed by atoms with Crippen molar-refractivity contribution >= 4 is 35.6 Å². The van der Waals surface area contributed by atoms with E-state index in [0.717, 1.165) is 0 Å². The molecule has 15 heteroatoms. The molecule has 0 radical (unpaired) electrons. The second-order valence-corrected chi connectivity index (χ2v) is 8.48. The molecule has 0 bridgehead atoms. The van der Waals surface area contributed by atoms with E-state index in [9.17, 15) is 34.2 Å². The second kappa shape index (κ2) is 16.3. The summed E-state index contributed by atoms with van der Waals surface area (Å²) < 4.78 is 0. The number of hydrogen-bond acceptors (Lipinski definition) is 8. The number of rotatable bonds is 17. The van der Waals surface area contributed by atoms with Gasteiger partial charge in [0, 0.05) is 13.0 Å². The van der Waals surface area contributed by atoms with Gasteiger partial charge in [0.25, 0.3) is 0 Å². The van der Waals surface area contributed by atoms with E-state index >= 15 is 0 Å². The lowest BCUT2D eigenvalue weighted by Crippen LogP contribution is -2.58. The first-order valence-corrected chi connectivity index (χ1v) is 11.6. The van der Waals surface area contributed by atoms with Gasteiger partial charge in [-0.05, 0) is 32.1 Å². The monoisotopic (exact) mass is 517 g/mol. The number of carbonyl (C=O) groups is 5. The topological polar surface area (TPSA) is 273 Å². The van der Waals surface area contributed by atoms with E-state index in [1.165, 1.54) is 6.92 Å². The molecule has 6 atom stereocenters. The molecule has 15 nitrogen and oxygen atoms in total. The lowest BCUT2D eigenvalue weighted by Gasteiger charge is -2.26. The number of aliphatic imine (C=N–C) groups is 1. The highest BCUT2D eigenvalue weighted by Crippen LogP contribution is 2.10. The van der Waals surface area contributed by atoms with Gasteiger partial charge >= 0.3 is 11.9 Å². The normalized spacial score (nSPS) is 15.8. The quantitative estimate of drug-likeness (QED) is 0.0539. The smallest absolute Gasteiger partial charge is 0.326 e. The number of carbonyl (C=O) groups excluding carboxylic acids is 3. The third-order valence-corrected chi connectivity index (χ3v) is 5.46. The van der Waals surface area contributed by atoms with Crippen molar-refractivity contribution in [3.05, 3.63) is 0 Å². The van der Waals surface area contributed by atoms with Crippen LogP contribution in [0.2, 0.25) is 0 Å². The molecule has 6 unspecified atom stereocenters. The van der Waals surface area contributed by atoms with Crippen LogP contribution in [0.5, 0.6) is 0 Å². The largest absolute Gasteiger partial charge is 0.481 e. The van der Waals surface area contributed by atoms with Gasteiger partial charge in [-0.15, -0.1) is 0 Å². The lowest BCUT2D eigenvalue weighted by atomic mass is 9.98. The summed E-state index contributed by atoms with van der Waals surface area (Å²) in [7, 11) is 0. The number of guanidine groups is 1. The molecule has 0 saturated carbocycles. The minimum atomic E-state index is -1.39. The molecule has 0 fully saturated rings. The standard InChI is InChI=1S/C21H39N7O8/c1-4-10(2)16(20(35)36)28-18(33)12(6-5-9-25-21(23)24)26-17(32)13(7-8-14(30)31)27-19(34)15(22)11(3)29/h10-13,15-16,29H,4-9,22H2,1-3H3,(H,26,32)(H,27,34)(H,28,33)(H,30,31)(H,35,36)(H4,23,24,25). The fourth-order valence-corrected chi connectivity index (χ4v) is 3.01. The van der Waals surface area contributed by atoms with Gasteiger partial charge in [-0.1, -0.05) is 20.3 Å². The second-order valence-electron chi connectivity index (χ2n) is 8.48. The first-order valence-electron chi connectivity index (χ1n) is 11.6. The van der Waals surface area contributed by atoms with Gasteiger partial charge in [0.1, 0.15) is 24.2 Å². The Kier molecular flexibility index (Phi) is 14.7. The van der Waals surface area contributed by atoms with Crippen LogP contribution in [-0.4, -0.2) is 87.8 Å². The van der Waals surface area contributed by atoms with E-state index in [-0.39, 0.29) is 31.8 Å². The molecule has 0 aliphatic carbocycles. The van der Waals surface area contributed by atoms with Crippen LogP contribution in [0.15, 0.2) is 4.99 Å². The van der Waals surface area contributed by atoms with E-state index in [0.29, 0.717) is 6.42 Å². The molecule has 0 aromatic rings. The molecule has 12 N–H and O–H groups in total. The number of amides is 3. The van der Waals surface area contributed by atoms with Crippen LogP contribution >= 0.6 is 0 Å². The van der Waals surface area contributed by atoms with Crippen LogP contribution < -0.4 is 33.2 Å². The van der Waals surface area contributed by atoms with Gasteiger partial charge in [-0.25, -0.2) is 4.79 Å². The van der Waals surface area contributed by atoms with E-state index in [2.05, 4.69) is 20.9 Å². The highest BCUT2D eigenvalue weighted by Gasteiger charge is 2.32. The minimum Gasteiger partial charge on any atom is -0.481 e. The van der Waals surface area contributed by atoms with Crippen LogP contribution in [0.3, 0.4) is 0 Å². The van der Waals surface area contributed by atoms with Gasteiger partial charge < -0.3 is 48.5 Å².